The number of carbonyl (C=O) groups is 1. The average molecular weight is 466 g/mol. The van der Waals surface area contributed by atoms with E-state index in [-0.39, 0.29) is 12.5 Å². The number of hydrogen-bond donors (Lipinski definition) is 3. The molecule has 2 heterocycles. The Bertz CT molecular complexity index is 1210. The molecule has 8 heteroatoms. The van der Waals surface area contributed by atoms with E-state index in [1.807, 2.05) is 26.8 Å². The number of pyridine rings is 2. The number of nitrogens with one attached hydrogen (secondary N) is 1. The van der Waals surface area contributed by atoms with Crippen molar-refractivity contribution in [1.82, 2.24) is 20.2 Å². The van der Waals surface area contributed by atoms with Crippen LogP contribution in [0.4, 0.5) is 5.82 Å². The number of aliphatic hydroxyl groups is 1. The van der Waals surface area contributed by atoms with E-state index < -0.39 is 6.10 Å². The molecule has 4 N–H and O–H groups in total. The van der Waals surface area contributed by atoms with Crippen LogP contribution in [-0.4, -0.2) is 58.2 Å². The van der Waals surface area contributed by atoms with Crippen LogP contribution in [0.3, 0.4) is 0 Å². The van der Waals surface area contributed by atoms with Crippen molar-refractivity contribution in [3.05, 3.63) is 64.1 Å². The Morgan fingerprint density at radius 3 is 2.67 bits per heavy atom. The van der Waals surface area contributed by atoms with E-state index >= 15 is 0 Å². The lowest BCUT2D eigenvalue weighted by molar-refractivity contribution is 0.0869. The fourth-order valence-electron chi connectivity index (χ4n) is 3.44. The topological polar surface area (TPSA) is 104 Å². The molecule has 1 amide bonds. The highest BCUT2D eigenvalue weighted by molar-refractivity contribution is 6.31. The van der Waals surface area contributed by atoms with Crippen LogP contribution in [0.1, 0.15) is 41.0 Å². The minimum Gasteiger partial charge on any atom is -0.390 e. The van der Waals surface area contributed by atoms with Crippen molar-refractivity contribution in [2.45, 2.75) is 26.9 Å². The second-order valence-corrected chi connectivity index (χ2v) is 8.18. The Hall–Kier alpha value is -3.18. The summed E-state index contributed by atoms with van der Waals surface area (Å²) in [5, 5.41) is 15.2. The molecule has 172 valence electrons. The second-order valence-electron chi connectivity index (χ2n) is 7.74. The summed E-state index contributed by atoms with van der Waals surface area (Å²) < 4.78 is 0. The Balaban J connectivity index is 1.75. The number of aliphatic hydroxyl groups excluding tert-OH is 1. The first-order valence-electron chi connectivity index (χ1n) is 10.8. The molecule has 1 aromatic carbocycles. The van der Waals surface area contributed by atoms with Crippen molar-refractivity contribution >= 4 is 34.1 Å². The number of halogens is 1. The van der Waals surface area contributed by atoms with Crippen LogP contribution in [0, 0.1) is 18.8 Å². The molecule has 0 spiro atoms. The molecule has 0 saturated carbocycles. The minimum atomic E-state index is -0.638. The van der Waals surface area contributed by atoms with Crippen molar-refractivity contribution < 1.29 is 9.90 Å². The van der Waals surface area contributed by atoms with Gasteiger partial charge < -0.3 is 21.1 Å². The summed E-state index contributed by atoms with van der Waals surface area (Å²) in [4.78, 5) is 23.1. The van der Waals surface area contributed by atoms with Crippen molar-refractivity contribution in [1.29, 1.82) is 0 Å². The van der Waals surface area contributed by atoms with Gasteiger partial charge in [0.05, 0.1) is 17.2 Å². The van der Waals surface area contributed by atoms with Gasteiger partial charge in [0.25, 0.3) is 5.91 Å². The maximum Gasteiger partial charge on any atom is 0.252 e. The molecule has 0 fully saturated rings. The monoisotopic (exact) mass is 465 g/mol. The lowest BCUT2D eigenvalue weighted by Gasteiger charge is -2.22. The number of nitrogen functional groups attached to an aromatic ring is 1. The quantitative estimate of drug-likeness (QED) is 0.463. The highest BCUT2D eigenvalue weighted by Crippen LogP contribution is 2.25. The largest absolute Gasteiger partial charge is 0.390 e. The first kappa shape index (κ1) is 24.5. The van der Waals surface area contributed by atoms with E-state index in [1.165, 1.54) is 6.20 Å². The number of fused-ring (bicyclic) bond motifs is 1. The Morgan fingerprint density at radius 1 is 1.21 bits per heavy atom. The van der Waals surface area contributed by atoms with Crippen molar-refractivity contribution in [2.75, 3.05) is 31.9 Å². The highest BCUT2D eigenvalue weighted by Gasteiger charge is 2.13. The summed E-state index contributed by atoms with van der Waals surface area (Å²) in [6.45, 7) is 8.29. The van der Waals surface area contributed by atoms with Gasteiger partial charge in [-0.05, 0) is 49.7 Å². The average Bonchev–Trinajstić information content (AvgIpc) is 2.81. The number of likely N-dealkylation sites (N-methyl/N-ethyl adjacent to an activating group) is 1. The molecule has 0 aliphatic heterocycles. The highest BCUT2D eigenvalue weighted by atomic mass is 35.5. The van der Waals surface area contributed by atoms with E-state index in [4.69, 9.17) is 17.3 Å². The second kappa shape index (κ2) is 11.1. The molecular weight excluding hydrogens is 438 g/mol. The fourth-order valence-corrected chi connectivity index (χ4v) is 3.61. The van der Waals surface area contributed by atoms with Gasteiger partial charge in [-0.15, -0.1) is 0 Å². The predicted octanol–water partition coefficient (Wildman–Crippen LogP) is 3.01. The van der Waals surface area contributed by atoms with Gasteiger partial charge in [-0.3, -0.25) is 4.79 Å². The standard InChI is InChI=1S/C25H28ClN5O2/c1-4-31(5-2)15-20(32)14-30-25(33)18-10-16(3)23(28-13-18)9-8-21-22-11-19(26)7-6-17(22)12-29-24(21)27/h6-7,10-13,20,32H,4-5,14-15H2,1-3H3,(H2,27,29)(H,30,33). The molecule has 7 nitrogen and oxygen atoms in total. The lowest BCUT2D eigenvalue weighted by Crippen LogP contribution is -2.40. The minimum absolute atomic E-state index is 0.172. The van der Waals surface area contributed by atoms with Crippen LogP contribution in [0.2, 0.25) is 5.02 Å². The van der Waals surface area contributed by atoms with Gasteiger partial charge in [-0.2, -0.15) is 0 Å². The smallest absolute Gasteiger partial charge is 0.252 e. The SMILES string of the molecule is CCN(CC)CC(O)CNC(=O)c1cnc(C#Cc2c(N)ncc3ccc(Cl)cc23)c(C)c1. The van der Waals surface area contributed by atoms with E-state index in [0.717, 1.165) is 29.4 Å². The number of amides is 1. The van der Waals surface area contributed by atoms with E-state index in [0.29, 0.717) is 34.2 Å². The number of hydrogen-bond acceptors (Lipinski definition) is 6. The van der Waals surface area contributed by atoms with Crippen LogP contribution >= 0.6 is 11.6 Å². The van der Waals surface area contributed by atoms with Crippen molar-refractivity contribution in [3.8, 4) is 11.8 Å². The van der Waals surface area contributed by atoms with Crippen LogP contribution in [0.5, 0.6) is 0 Å². The van der Waals surface area contributed by atoms with Gasteiger partial charge in [-0.1, -0.05) is 37.4 Å². The van der Waals surface area contributed by atoms with Crippen LogP contribution in [0.15, 0.2) is 36.7 Å². The zero-order valence-corrected chi connectivity index (χ0v) is 19.8. The molecule has 1 unspecified atom stereocenters. The number of anilines is 1. The zero-order chi connectivity index (χ0) is 24.0. The maximum absolute atomic E-state index is 12.5. The predicted molar refractivity (Wildman–Crippen MR) is 132 cm³/mol. The molecule has 0 aliphatic rings. The summed E-state index contributed by atoms with van der Waals surface area (Å²) in [6.07, 6.45) is 2.52. The number of benzene rings is 1. The van der Waals surface area contributed by atoms with Crippen LogP contribution < -0.4 is 11.1 Å². The van der Waals surface area contributed by atoms with Gasteiger partial charge in [-0.25, -0.2) is 9.97 Å². The van der Waals surface area contributed by atoms with E-state index in [9.17, 15) is 9.90 Å². The summed E-state index contributed by atoms with van der Waals surface area (Å²) >= 11 is 6.14. The van der Waals surface area contributed by atoms with E-state index in [1.54, 1.807) is 24.4 Å². The first-order chi connectivity index (χ1) is 15.8. The van der Waals surface area contributed by atoms with Crippen molar-refractivity contribution in [3.63, 3.8) is 0 Å². The summed E-state index contributed by atoms with van der Waals surface area (Å²) in [7, 11) is 0. The molecule has 33 heavy (non-hydrogen) atoms. The Kier molecular flexibility index (Phi) is 8.23. The van der Waals surface area contributed by atoms with Crippen LogP contribution in [-0.2, 0) is 0 Å². The molecule has 2 aromatic heterocycles. The van der Waals surface area contributed by atoms with Gasteiger partial charge in [0, 0.05) is 41.3 Å². The number of nitrogens with zero attached hydrogens (tertiary/aromatic N) is 3. The summed E-state index contributed by atoms with van der Waals surface area (Å²) in [5.74, 6) is 6.12. The van der Waals surface area contributed by atoms with Gasteiger partial charge >= 0.3 is 0 Å². The fraction of sp³-hybridized carbons (Fsp3) is 0.320. The van der Waals surface area contributed by atoms with Gasteiger partial charge in [0.2, 0.25) is 0 Å². The maximum atomic E-state index is 12.5. The normalized spacial score (nSPS) is 11.8. The number of aryl methyl sites for hydroxylation is 1. The first-order valence-corrected chi connectivity index (χ1v) is 11.2. The Labute approximate surface area is 199 Å². The number of carbonyl (C=O) groups excluding carboxylic acids is 1. The molecule has 3 rings (SSSR count). The molecule has 0 aliphatic carbocycles. The zero-order valence-electron chi connectivity index (χ0n) is 19.0. The molecule has 0 radical (unpaired) electrons. The number of nitrogens with two attached hydrogens (primary N) is 1. The third-order valence-corrected chi connectivity index (χ3v) is 5.63. The van der Waals surface area contributed by atoms with Gasteiger partial charge in [0.15, 0.2) is 0 Å². The third-order valence-electron chi connectivity index (χ3n) is 5.39. The Morgan fingerprint density at radius 2 is 1.97 bits per heavy atom. The van der Waals surface area contributed by atoms with Crippen molar-refractivity contribution in [2.24, 2.45) is 0 Å². The summed E-state index contributed by atoms with van der Waals surface area (Å²) in [6, 6.07) is 7.19. The van der Waals surface area contributed by atoms with E-state index in [2.05, 4.69) is 32.0 Å². The summed E-state index contributed by atoms with van der Waals surface area (Å²) in [5.41, 5.74) is 8.33. The third kappa shape index (κ3) is 6.20. The molecule has 1 atom stereocenters. The lowest BCUT2D eigenvalue weighted by atomic mass is 10.1. The van der Waals surface area contributed by atoms with Gasteiger partial charge in [0.1, 0.15) is 11.5 Å². The molecule has 0 bridgehead atoms. The molecule has 3 aromatic rings. The molecule has 0 saturated heterocycles. The van der Waals surface area contributed by atoms with Crippen LogP contribution in [0.25, 0.3) is 10.8 Å². The number of rotatable bonds is 7. The molecular formula is C25H28ClN5O2. The number of aromatic nitrogens is 2.